The summed E-state index contributed by atoms with van der Waals surface area (Å²) in [7, 11) is 0. The van der Waals surface area contributed by atoms with Crippen LogP contribution in [0.1, 0.15) is 19.4 Å². The zero-order valence-corrected chi connectivity index (χ0v) is 8.92. The van der Waals surface area contributed by atoms with Gasteiger partial charge in [-0.25, -0.2) is 0 Å². The van der Waals surface area contributed by atoms with Crippen molar-refractivity contribution >= 4 is 23.4 Å². The predicted octanol–water partition coefficient (Wildman–Crippen LogP) is 3.59. The van der Waals surface area contributed by atoms with Crippen molar-refractivity contribution in [3.8, 4) is 0 Å². The quantitative estimate of drug-likeness (QED) is 0.451. The lowest BCUT2D eigenvalue weighted by Crippen LogP contribution is -1.92. The third-order valence-corrected chi connectivity index (χ3v) is 2.23. The predicted molar refractivity (Wildman–Crippen MR) is 60.0 cm³/mol. The van der Waals surface area contributed by atoms with Gasteiger partial charge in [0, 0.05) is 5.02 Å². The molecule has 0 aromatic heterocycles. The maximum absolute atomic E-state index is 8.55. The molecule has 0 aliphatic carbocycles. The van der Waals surface area contributed by atoms with E-state index in [1.165, 1.54) is 0 Å². The highest BCUT2D eigenvalue weighted by Gasteiger charge is 1.95. The Morgan fingerprint density at radius 2 is 1.86 bits per heavy atom. The Bertz CT molecular complexity index is 365. The SMILES string of the molecule is CC(=NO)/C(C)=C/c1ccc(Cl)cc1. The first-order chi connectivity index (χ1) is 6.63. The highest BCUT2D eigenvalue weighted by Crippen LogP contribution is 2.12. The van der Waals surface area contributed by atoms with Crippen LogP contribution in [0, 0.1) is 0 Å². The molecule has 3 heteroatoms. The normalized spacial score (nSPS) is 13.1. The smallest absolute Gasteiger partial charge is 0.0794 e. The average molecular weight is 210 g/mol. The van der Waals surface area contributed by atoms with Gasteiger partial charge in [0.05, 0.1) is 5.71 Å². The van der Waals surface area contributed by atoms with Crippen molar-refractivity contribution in [2.24, 2.45) is 5.16 Å². The number of rotatable bonds is 2. The molecule has 0 spiro atoms. The summed E-state index contributed by atoms with van der Waals surface area (Å²) in [5, 5.41) is 12.4. The Morgan fingerprint density at radius 1 is 1.29 bits per heavy atom. The molecule has 1 rings (SSSR count). The minimum atomic E-state index is 0.611. The second-order valence-electron chi connectivity index (χ2n) is 3.06. The molecule has 74 valence electrons. The molecule has 0 aliphatic rings. The molecule has 0 fully saturated rings. The fourth-order valence-electron chi connectivity index (χ4n) is 0.992. The van der Waals surface area contributed by atoms with Gasteiger partial charge in [0.15, 0.2) is 0 Å². The van der Waals surface area contributed by atoms with Gasteiger partial charge in [-0.15, -0.1) is 0 Å². The molecular formula is C11H12ClNO. The van der Waals surface area contributed by atoms with E-state index < -0.39 is 0 Å². The summed E-state index contributed by atoms with van der Waals surface area (Å²) in [4.78, 5) is 0. The lowest BCUT2D eigenvalue weighted by molar-refractivity contribution is 0.319. The van der Waals surface area contributed by atoms with Gasteiger partial charge in [-0.05, 0) is 37.1 Å². The number of benzene rings is 1. The molecule has 2 nitrogen and oxygen atoms in total. The van der Waals surface area contributed by atoms with Crippen molar-refractivity contribution < 1.29 is 5.21 Å². The van der Waals surface area contributed by atoms with Crippen LogP contribution in [0.5, 0.6) is 0 Å². The van der Waals surface area contributed by atoms with Crippen LogP contribution in [-0.2, 0) is 0 Å². The van der Waals surface area contributed by atoms with E-state index >= 15 is 0 Å². The van der Waals surface area contributed by atoms with Crippen molar-refractivity contribution in [3.63, 3.8) is 0 Å². The molecule has 0 saturated carbocycles. The van der Waals surface area contributed by atoms with Crippen LogP contribution >= 0.6 is 11.6 Å². The van der Waals surface area contributed by atoms with Crippen molar-refractivity contribution in [1.82, 2.24) is 0 Å². The van der Waals surface area contributed by atoms with Gasteiger partial charge in [-0.1, -0.05) is 35.0 Å². The Balaban J connectivity index is 2.92. The number of allylic oxidation sites excluding steroid dienone is 1. The lowest BCUT2D eigenvalue weighted by atomic mass is 10.1. The summed E-state index contributed by atoms with van der Waals surface area (Å²) >= 11 is 5.75. The fourth-order valence-corrected chi connectivity index (χ4v) is 1.12. The number of oxime groups is 1. The first-order valence-electron chi connectivity index (χ1n) is 4.26. The number of halogens is 1. The van der Waals surface area contributed by atoms with Crippen molar-refractivity contribution in [2.75, 3.05) is 0 Å². The maximum Gasteiger partial charge on any atom is 0.0794 e. The summed E-state index contributed by atoms with van der Waals surface area (Å²) in [6.45, 7) is 3.64. The number of hydrogen-bond acceptors (Lipinski definition) is 2. The first-order valence-corrected chi connectivity index (χ1v) is 4.64. The average Bonchev–Trinajstić information content (AvgIpc) is 2.20. The molecule has 0 saturated heterocycles. The van der Waals surface area contributed by atoms with E-state index in [4.69, 9.17) is 16.8 Å². The van der Waals surface area contributed by atoms with Gasteiger partial charge >= 0.3 is 0 Å². The molecule has 1 N–H and O–H groups in total. The third-order valence-electron chi connectivity index (χ3n) is 1.97. The summed E-state index contributed by atoms with van der Waals surface area (Å²) in [6, 6.07) is 7.48. The lowest BCUT2D eigenvalue weighted by Gasteiger charge is -1.98. The monoisotopic (exact) mass is 209 g/mol. The van der Waals surface area contributed by atoms with Crippen LogP contribution in [0.15, 0.2) is 35.0 Å². The molecule has 0 aliphatic heterocycles. The minimum Gasteiger partial charge on any atom is -0.411 e. The van der Waals surface area contributed by atoms with E-state index in [1.54, 1.807) is 6.92 Å². The van der Waals surface area contributed by atoms with Gasteiger partial charge in [0.2, 0.25) is 0 Å². The Hall–Kier alpha value is -1.28. The second-order valence-corrected chi connectivity index (χ2v) is 3.50. The number of nitrogens with zero attached hydrogens (tertiary/aromatic N) is 1. The van der Waals surface area contributed by atoms with Gasteiger partial charge in [0.25, 0.3) is 0 Å². The van der Waals surface area contributed by atoms with Crippen LogP contribution in [0.2, 0.25) is 5.02 Å². The summed E-state index contributed by atoms with van der Waals surface area (Å²) in [5.74, 6) is 0. The van der Waals surface area contributed by atoms with E-state index in [1.807, 2.05) is 37.3 Å². The van der Waals surface area contributed by atoms with E-state index in [0.717, 1.165) is 11.1 Å². The van der Waals surface area contributed by atoms with E-state index in [-0.39, 0.29) is 0 Å². The Kier molecular flexibility index (Phi) is 3.72. The number of hydrogen-bond donors (Lipinski definition) is 1. The topological polar surface area (TPSA) is 32.6 Å². The van der Waals surface area contributed by atoms with Crippen LogP contribution in [0.3, 0.4) is 0 Å². The summed E-state index contributed by atoms with van der Waals surface area (Å²) in [5.41, 5.74) is 2.57. The fraction of sp³-hybridized carbons (Fsp3) is 0.182. The van der Waals surface area contributed by atoms with E-state index in [2.05, 4.69) is 5.16 Å². The largest absolute Gasteiger partial charge is 0.411 e. The zero-order chi connectivity index (χ0) is 10.6. The molecule has 1 aromatic carbocycles. The van der Waals surface area contributed by atoms with Crippen molar-refractivity contribution in [3.05, 3.63) is 40.4 Å². The van der Waals surface area contributed by atoms with Crippen LogP contribution in [0.4, 0.5) is 0 Å². The van der Waals surface area contributed by atoms with Gasteiger partial charge in [-0.2, -0.15) is 0 Å². The van der Waals surface area contributed by atoms with Gasteiger partial charge < -0.3 is 5.21 Å². The van der Waals surface area contributed by atoms with Crippen LogP contribution in [0.25, 0.3) is 6.08 Å². The Morgan fingerprint density at radius 3 is 2.36 bits per heavy atom. The molecule has 14 heavy (non-hydrogen) atoms. The second kappa shape index (κ2) is 4.82. The molecule has 0 amide bonds. The van der Waals surface area contributed by atoms with Crippen LogP contribution < -0.4 is 0 Å². The van der Waals surface area contributed by atoms with Crippen molar-refractivity contribution in [1.29, 1.82) is 0 Å². The highest BCUT2D eigenvalue weighted by molar-refractivity contribution is 6.30. The minimum absolute atomic E-state index is 0.611. The molecule has 0 unspecified atom stereocenters. The zero-order valence-electron chi connectivity index (χ0n) is 8.16. The first kappa shape index (κ1) is 10.8. The van der Waals surface area contributed by atoms with E-state index in [9.17, 15) is 0 Å². The third kappa shape index (κ3) is 2.89. The highest BCUT2D eigenvalue weighted by atomic mass is 35.5. The molecule has 1 aromatic rings. The van der Waals surface area contributed by atoms with E-state index in [0.29, 0.717) is 10.7 Å². The molecular weight excluding hydrogens is 198 g/mol. The molecule has 0 bridgehead atoms. The summed E-state index contributed by atoms with van der Waals surface area (Å²) in [6.07, 6.45) is 1.94. The van der Waals surface area contributed by atoms with Gasteiger partial charge in [0.1, 0.15) is 0 Å². The summed E-state index contributed by atoms with van der Waals surface area (Å²) < 4.78 is 0. The molecule has 0 radical (unpaired) electrons. The van der Waals surface area contributed by atoms with Gasteiger partial charge in [-0.3, -0.25) is 0 Å². The van der Waals surface area contributed by atoms with Crippen molar-refractivity contribution in [2.45, 2.75) is 13.8 Å². The Labute approximate surface area is 88.5 Å². The molecule has 0 atom stereocenters. The maximum atomic E-state index is 8.55. The standard InChI is InChI=1S/C11H12ClNO/c1-8(9(2)13-14)7-10-3-5-11(12)6-4-10/h3-7,14H,1-2H3/b8-7+,13-9?. The molecule has 0 heterocycles. The van der Waals surface area contributed by atoms with Crippen LogP contribution in [-0.4, -0.2) is 10.9 Å².